The Morgan fingerprint density at radius 3 is 2.80 bits per heavy atom. The minimum atomic E-state index is -1.35. The van der Waals surface area contributed by atoms with E-state index in [9.17, 15) is 14.3 Å². The standard InChI is InChI=1S/C15H15FO4/c1-15(18,9-10-4-3-5-11(16)8-10)13-7-6-12(20-13)14(17)19-2/h3-8,18H,9H2,1-2H3. The van der Waals surface area contributed by atoms with E-state index in [2.05, 4.69) is 4.74 Å². The summed E-state index contributed by atoms with van der Waals surface area (Å²) in [5.74, 6) is -0.741. The third-order valence-electron chi connectivity index (χ3n) is 2.96. The van der Waals surface area contributed by atoms with Gasteiger partial charge < -0.3 is 14.3 Å². The maximum absolute atomic E-state index is 13.1. The van der Waals surface area contributed by atoms with Gasteiger partial charge in [0, 0.05) is 6.42 Å². The van der Waals surface area contributed by atoms with Gasteiger partial charge in [0.1, 0.15) is 17.2 Å². The summed E-state index contributed by atoms with van der Waals surface area (Å²) in [6.45, 7) is 1.54. The number of methoxy groups -OCH3 is 1. The number of hydrogen-bond acceptors (Lipinski definition) is 4. The van der Waals surface area contributed by atoms with Gasteiger partial charge in [-0.25, -0.2) is 9.18 Å². The first-order chi connectivity index (χ1) is 9.42. The van der Waals surface area contributed by atoms with Crippen molar-refractivity contribution in [1.82, 2.24) is 0 Å². The minimum Gasteiger partial charge on any atom is -0.463 e. The highest BCUT2D eigenvalue weighted by Gasteiger charge is 2.28. The molecule has 4 nitrogen and oxygen atoms in total. The van der Waals surface area contributed by atoms with Crippen molar-refractivity contribution in [3.8, 4) is 0 Å². The summed E-state index contributed by atoms with van der Waals surface area (Å²) in [6.07, 6.45) is 0.166. The van der Waals surface area contributed by atoms with E-state index in [4.69, 9.17) is 4.42 Å². The van der Waals surface area contributed by atoms with Crippen LogP contribution >= 0.6 is 0 Å². The van der Waals surface area contributed by atoms with Crippen LogP contribution in [0.1, 0.15) is 28.8 Å². The Balaban J connectivity index is 2.21. The molecule has 1 heterocycles. The Bertz CT molecular complexity index is 616. The Hall–Kier alpha value is -2.14. The van der Waals surface area contributed by atoms with Crippen LogP contribution in [0.15, 0.2) is 40.8 Å². The highest BCUT2D eigenvalue weighted by atomic mass is 19.1. The van der Waals surface area contributed by atoms with Gasteiger partial charge in [-0.2, -0.15) is 0 Å². The molecule has 0 aliphatic rings. The van der Waals surface area contributed by atoms with Crippen LogP contribution in [0.5, 0.6) is 0 Å². The van der Waals surface area contributed by atoms with E-state index in [1.165, 1.54) is 38.3 Å². The molecule has 0 aliphatic heterocycles. The summed E-state index contributed by atoms with van der Waals surface area (Å²) in [5.41, 5.74) is -0.717. The van der Waals surface area contributed by atoms with Crippen molar-refractivity contribution in [1.29, 1.82) is 0 Å². The van der Waals surface area contributed by atoms with Gasteiger partial charge in [0.05, 0.1) is 7.11 Å². The van der Waals surface area contributed by atoms with E-state index in [-0.39, 0.29) is 23.8 Å². The van der Waals surface area contributed by atoms with Gasteiger partial charge in [-0.15, -0.1) is 0 Å². The topological polar surface area (TPSA) is 59.7 Å². The first-order valence-electron chi connectivity index (χ1n) is 6.08. The normalized spacial score (nSPS) is 13.8. The second-order valence-electron chi connectivity index (χ2n) is 4.74. The Labute approximate surface area is 115 Å². The molecule has 0 aliphatic carbocycles. The van der Waals surface area contributed by atoms with Crippen molar-refractivity contribution in [2.24, 2.45) is 0 Å². The first-order valence-corrected chi connectivity index (χ1v) is 6.08. The minimum absolute atomic E-state index is 0.0158. The molecule has 2 aromatic rings. The molecule has 0 fully saturated rings. The average Bonchev–Trinajstić information content (AvgIpc) is 2.87. The lowest BCUT2D eigenvalue weighted by Gasteiger charge is -2.20. The number of halogens is 1. The van der Waals surface area contributed by atoms with Crippen LogP contribution in [0.25, 0.3) is 0 Å². The van der Waals surface area contributed by atoms with Crippen LogP contribution in [0.4, 0.5) is 4.39 Å². The molecule has 0 amide bonds. The van der Waals surface area contributed by atoms with Crippen LogP contribution in [-0.2, 0) is 16.8 Å². The van der Waals surface area contributed by atoms with Gasteiger partial charge in [0.25, 0.3) is 0 Å². The first kappa shape index (κ1) is 14.3. The summed E-state index contributed by atoms with van der Waals surface area (Å²) in [7, 11) is 1.25. The van der Waals surface area contributed by atoms with E-state index in [1.807, 2.05) is 0 Å². The molecular weight excluding hydrogens is 263 g/mol. The monoisotopic (exact) mass is 278 g/mol. The summed E-state index contributed by atoms with van der Waals surface area (Å²) >= 11 is 0. The van der Waals surface area contributed by atoms with Crippen molar-refractivity contribution < 1.29 is 23.4 Å². The fraction of sp³-hybridized carbons (Fsp3) is 0.267. The van der Waals surface area contributed by atoms with E-state index in [0.29, 0.717) is 5.56 Å². The molecule has 1 unspecified atom stereocenters. The lowest BCUT2D eigenvalue weighted by Crippen LogP contribution is -2.23. The fourth-order valence-corrected chi connectivity index (χ4v) is 1.97. The van der Waals surface area contributed by atoms with Crippen LogP contribution in [0.2, 0.25) is 0 Å². The van der Waals surface area contributed by atoms with Gasteiger partial charge in [-0.3, -0.25) is 0 Å². The molecule has 1 aromatic carbocycles. The summed E-state index contributed by atoms with van der Waals surface area (Å²) in [4.78, 5) is 11.3. The van der Waals surface area contributed by atoms with Gasteiger partial charge >= 0.3 is 5.97 Å². The number of esters is 1. The molecule has 0 saturated carbocycles. The highest BCUT2D eigenvalue weighted by Crippen LogP contribution is 2.27. The summed E-state index contributed by atoms with van der Waals surface area (Å²) in [6, 6.07) is 8.90. The van der Waals surface area contributed by atoms with E-state index in [0.717, 1.165) is 0 Å². The Kier molecular flexibility index (Phi) is 3.90. The molecule has 0 radical (unpaired) electrons. The Morgan fingerprint density at radius 2 is 2.15 bits per heavy atom. The largest absolute Gasteiger partial charge is 0.463 e. The SMILES string of the molecule is COC(=O)c1ccc(C(C)(O)Cc2cccc(F)c2)o1. The van der Waals surface area contributed by atoms with Gasteiger partial charge in [-0.05, 0) is 36.8 Å². The quantitative estimate of drug-likeness (QED) is 0.873. The van der Waals surface area contributed by atoms with Crippen molar-refractivity contribution in [2.45, 2.75) is 18.9 Å². The van der Waals surface area contributed by atoms with Gasteiger partial charge in [0.15, 0.2) is 0 Å². The van der Waals surface area contributed by atoms with Crippen molar-refractivity contribution >= 4 is 5.97 Å². The molecule has 1 aromatic heterocycles. The van der Waals surface area contributed by atoms with Crippen LogP contribution in [0, 0.1) is 5.82 Å². The summed E-state index contributed by atoms with van der Waals surface area (Å²) < 4.78 is 23.0. The zero-order chi connectivity index (χ0) is 14.8. The lowest BCUT2D eigenvalue weighted by molar-refractivity contribution is 0.0306. The fourth-order valence-electron chi connectivity index (χ4n) is 1.97. The molecule has 1 atom stereocenters. The number of ether oxygens (including phenoxy) is 1. The molecule has 2 rings (SSSR count). The van der Waals surface area contributed by atoms with Crippen LogP contribution < -0.4 is 0 Å². The van der Waals surface area contributed by atoms with Crippen LogP contribution in [0.3, 0.4) is 0 Å². The van der Waals surface area contributed by atoms with E-state index < -0.39 is 11.6 Å². The predicted octanol–water partition coefficient (Wildman–Crippen LogP) is 2.66. The van der Waals surface area contributed by atoms with Gasteiger partial charge in [0.2, 0.25) is 5.76 Å². The number of benzene rings is 1. The number of carbonyl (C=O) groups excluding carboxylic acids is 1. The van der Waals surface area contributed by atoms with Crippen molar-refractivity contribution in [3.05, 3.63) is 59.3 Å². The van der Waals surface area contributed by atoms with Crippen molar-refractivity contribution in [3.63, 3.8) is 0 Å². The molecule has 0 spiro atoms. The summed E-state index contributed by atoms with van der Waals surface area (Å²) in [5, 5.41) is 10.4. The highest BCUT2D eigenvalue weighted by molar-refractivity contribution is 5.86. The maximum Gasteiger partial charge on any atom is 0.373 e. The van der Waals surface area contributed by atoms with Crippen LogP contribution in [-0.4, -0.2) is 18.2 Å². The second-order valence-corrected chi connectivity index (χ2v) is 4.74. The maximum atomic E-state index is 13.1. The number of furan rings is 1. The lowest BCUT2D eigenvalue weighted by atomic mass is 9.94. The molecule has 5 heteroatoms. The Morgan fingerprint density at radius 1 is 1.40 bits per heavy atom. The zero-order valence-electron chi connectivity index (χ0n) is 11.2. The van der Waals surface area contributed by atoms with Gasteiger partial charge in [-0.1, -0.05) is 12.1 Å². The molecule has 1 N–H and O–H groups in total. The molecule has 0 saturated heterocycles. The molecule has 20 heavy (non-hydrogen) atoms. The van der Waals surface area contributed by atoms with E-state index in [1.54, 1.807) is 12.1 Å². The molecule has 106 valence electrons. The zero-order valence-corrected chi connectivity index (χ0v) is 11.2. The molecular formula is C15H15FO4. The number of rotatable bonds is 4. The number of carbonyl (C=O) groups is 1. The van der Waals surface area contributed by atoms with E-state index >= 15 is 0 Å². The number of aliphatic hydroxyl groups is 1. The predicted molar refractivity (Wildman–Crippen MR) is 69.7 cm³/mol. The molecule has 0 bridgehead atoms. The smallest absolute Gasteiger partial charge is 0.373 e. The third kappa shape index (κ3) is 3.05. The average molecular weight is 278 g/mol. The third-order valence-corrected chi connectivity index (χ3v) is 2.96. The second kappa shape index (κ2) is 5.46. The van der Waals surface area contributed by atoms with Crippen molar-refractivity contribution in [2.75, 3.05) is 7.11 Å². The number of hydrogen-bond donors (Lipinski definition) is 1.